The molecule has 2 atom stereocenters. The summed E-state index contributed by atoms with van der Waals surface area (Å²) in [6, 6.07) is 6.12. The maximum absolute atomic E-state index is 6.10. The molecule has 0 aliphatic heterocycles. The number of hydrazine groups is 1. The standard InChI is InChI=1S/C16H24Cl2N2/c1-16(2)8-4-3-5-12(16)15(20-19)10-11-6-7-13(17)14(18)9-11/h6-7,9,12,15,20H,3-5,8,10,19H2,1-2H3. The number of halogens is 2. The second-order valence-electron chi connectivity index (χ2n) is 6.57. The molecule has 112 valence electrons. The predicted octanol–water partition coefficient (Wildman–Crippen LogP) is 4.58. The van der Waals surface area contributed by atoms with Gasteiger partial charge in [-0.3, -0.25) is 11.3 Å². The molecule has 1 fully saturated rings. The van der Waals surface area contributed by atoms with Crippen molar-refractivity contribution < 1.29 is 0 Å². The average molecular weight is 315 g/mol. The van der Waals surface area contributed by atoms with E-state index in [1.807, 2.05) is 18.2 Å². The van der Waals surface area contributed by atoms with E-state index in [4.69, 9.17) is 29.0 Å². The summed E-state index contributed by atoms with van der Waals surface area (Å²) in [5.74, 6) is 6.42. The molecule has 4 heteroatoms. The molecule has 0 bridgehead atoms. The van der Waals surface area contributed by atoms with Gasteiger partial charge >= 0.3 is 0 Å². The third kappa shape index (κ3) is 3.67. The minimum Gasteiger partial charge on any atom is -0.271 e. The molecule has 1 saturated carbocycles. The van der Waals surface area contributed by atoms with Crippen LogP contribution in [-0.4, -0.2) is 6.04 Å². The highest BCUT2D eigenvalue weighted by molar-refractivity contribution is 6.42. The molecule has 2 rings (SSSR count). The van der Waals surface area contributed by atoms with Crippen LogP contribution in [0.25, 0.3) is 0 Å². The summed E-state index contributed by atoms with van der Waals surface area (Å²) < 4.78 is 0. The Balaban J connectivity index is 2.13. The average Bonchev–Trinajstić information content (AvgIpc) is 2.40. The Kier molecular flexibility index (Phi) is 5.36. The second-order valence-corrected chi connectivity index (χ2v) is 7.38. The molecule has 20 heavy (non-hydrogen) atoms. The maximum atomic E-state index is 6.10. The highest BCUT2D eigenvalue weighted by Gasteiger charge is 2.37. The lowest BCUT2D eigenvalue weighted by Gasteiger charge is -2.43. The molecule has 3 N–H and O–H groups in total. The third-order valence-corrected chi connectivity index (χ3v) is 5.47. The number of nitrogens with one attached hydrogen (secondary N) is 1. The van der Waals surface area contributed by atoms with Crippen LogP contribution in [0.1, 0.15) is 45.1 Å². The zero-order chi connectivity index (χ0) is 14.8. The van der Waals surface area contributed by atoms with Crippen molar-refractivity contribution in [3.63, 3.8) is 0 Å². The molecule has 0 heterocycles. The maximum Gasteiger partial charge on any atom is 0.0595 e. The molecule has 0 radical (unpaired) electrons. The lowest BCUT2D eigenvalue weighted by molar-refractivity contribution is 0.0982. The van der Waals surface area contributed by atoms with Gasteiger partial charge in [0.15, 0.2) is 0 Å². The number of nitrogens with two attached hydrogens (primary N) is 1. The first-order valence-corrected chi connectivity index (χ1v) is 8.09. The van der Waals surface area contributed by atoms with Gasteiger partial charge in [0.05, 0.1) is 10.0 Å². The SMILES string of the molecule is CC1(C)CCCCC1C(Cc1ccc(Cl)c(Cl)c1)NN. The highest BCUT2D eigenvalue weighted by Crippen LogP contribution is 2.42. The van der Waals surface area contributed by atoms with E-state index >= 15 is 0 Å². The van der Waals surface area contributed by atoms with E-state index in [1.54, 1.807) is 0 Å². The van der Waals surface area contributed by atoms with E-state index in [2.05, 4.69) is 19.3 Å². The quantitative estimate of drug-likeness (QED) is 0.630. The molecule has 1 aliphatic carbocycles. The Morgan fingerprint density at radius 3 is 2.65 bits per heavy atom. The van der Waals surface area contributed by atoms with Crippen LogP contribution >= 0.6 is 23.2 Å². The largest absolute Gasteiger partial charge is 0.271 e. The van der Waals surface area contributed by atoms with Crippen molar-refractivity contribution in [2.24, 2.45) is 17.2 Å². The molecular formula is C16H24Cl2N2. The minimum absolute atomic E-state index is 0.280. The molecule has 2 unspecified atom stereocenters. The first kappa shape index (κ1) is 16.1. The van der Waals surface area contributed by atoms with Gasteiger partial charge in [0, 0.05) is 6.04 Å². The van der Waals surface area contributed by atoms with Crippen LogP contribution in [0.5, 0.6) is 0 Å². The van der Waals surface area contributed by atoms with Crippen LogP contribution in [0.3, 0.4) is 0 Å². The number of benzene rings is 1. The van der Waals surface area contributed by atoms with Gasteiger partial charge in [0.25, 0.3) is 0 Å². The second kappa shape index (κ2) is 6.65. The lowest BCUT2D eigenvalue weighted by atomic mass is 9.65. The van der Waals surface area contributed by atoms with Gasteiger partial charge in [-0.1, -0.05) is 56.0 Å². The Bertz CT molecular complexity index is 460. The molecule has 0 saturated heterocycles. The van der Waals surface area contributed by atoms with E-state index in [1.165, 1.54) is 31.2 Å². The Hall–Kier alpha value is -0.280. The molecule has 0 amide bonds. The van der Waals surface area contributed by atoms with Crippen LogP contribution < -0.4 is 11.3 Å². The number of hydrogen-bond donors (Lipinski definition) is 2. The van der Waals surface area contributed by atoms with Crippen molar-refractivity contribution in [2.75, 3.05) is 0 Å². The van der Waals surface area contributed by atoms with Crippen LogP contribution in [0.2, 0.25) is 10.0 Å². The molecule has 2 nitrogen and oxygen atoms in total. The van der Waals surface area contributed by atoms with E-state index in [9.17, 15) is 0 Å². The fourth-order valence-electron chi connectivity index (χ4n) is 3.50. The number of rotatable bonds is 4. The number of hydrogen-bond acceptors (Lipinski definition) is 2. The molecule has 0 aromatic heterocycles. The highest BCUT2D eigenvalue weighted by atomic mass is 35.5. The van der Waals surface area contributed by atoms with Crippen molar-refractivity contribution in [1.82, 2.24) is 5.43 Å². The summed E-state index contributed by atoms with van der Waals surface area (Å²) >= 11 is 12.1. The first-order valence-electron chi connectivity index (χ1n) is 7.34. The predicted molar refractivity (Wildman–Crippen MR) is 87.0 cm³/mol. The van der Waals surface area contributed by atoms with Gasteiger partial charge in [-0.15, -0.1) is 0 Å². The van der Waals surface area contributed by atoms with Gasteiger partial charge in [0.2, 0.25) is 0 Å². The Labute approximate surface area is 132 Å². The van der Waals surface area contributed by atoms with Gasteiger partial charge in [-0.2, -0.15) is 0 Å². The summed E-state index contributed by atoms with van der Waals surface area (Å²) in [5.41, 5.74) is 4.56. The summed E-state index contributed by atoms with van der Waals surface area (Å²) in [7, 11) is 0. The van der Waals surface area contributed by atoms with Crippen molar-refractivity contribution in [3.05, 3.63) is 33.8 Å². The Morgan fingerprint density at radius 2 is 2.05 bits per heavy atom. The van der Waals surface area contributed by atoms with Crippen molar-refractivity contribution >= 4 is 23.2 Å². The van der Waals surface area contributed by atoms with E-state index < -0.39 is 0 Å². The smallest absolute Gasteiger partial charge is 0.0595 e. The molecule has 1 aliphatic rings. The summed E-state index contributed by atoms with van der Waals surface area (Å²) in [6.07, 6.45) is 6.03. The van der Waals surface area contributed by atoms with Gasteiger partial charge < -0.3 is 0 Å². The summed E-state index contributed by atoms with van der Waals surface area (Å²) in [4.78, 5) is 0. The van der Waals surface area contributed by atoms with Crippen molar-refractivity contribution in [3.8, 4) is 0 Å². The fraction of sp³-hybridized carbons (Fsp3) is 0.625. The minimum atomic E-state index is 0.280. The van der Waals surface area contributed by atoms with Gasteiger partial charge in [-0.05, 0) is 48.3 Å². The third-order valence-electron chi connectivity index (χ3n) is 4.73. The van der Waals surface area contributed by atoms with Crippen LogP contribution in [0.4, 0.5) is 0 Å². The summed E-state index contributed by atoms with van der Waals surface area (Å²) in [6.45, 7) is 4.71. The van der Waals surface area contributed by atoms with Crippen LogP contribution in [0, 0.1) is 11.3 Å². The Morgan fingerprint density at radius 1 is 1.30 bits per heavy atom. The zero-order valence-corrected chi connectivity index (χ0v) is 13.8. The molecule has 1 aromatic rings. The van der Waals surface area contributed by atoms with E-state index in [0.29, 0.717) is 21.4 Å². The van der Waals surface area contributed by atoms with Crippen molar-refractivity contribution in [1.29, 1.82) is 0 Å². The first-order chi connectivity index (χ1) is 9.44. The van der Waals surface area contributed by atoms with Crippen LogP contribution in [-0.2, 0) is 6.42 Å². The van der Waals surface area contributed by atoms with E-state index in [0.717, 1.165) is 6.42 Å². The van der Waals surface area contributed by atoms with Gasteiger partial charge in [-0.25, -0.2) is 0 Å². The van der Waals surface area contributed by atoms with Crippen molar-refractivity contribution in [2.45, 2.75) is 52.0 Å². The van der Waals surface area contributed by atoms with E-state index in [-0.39, 0.29) is 6.04 Å². The lowest BCUT2D eigenvalue weighted by Crippen LogP contribution is -2.48. The molecule has 1 aromatic carbocycles. The fourth-order valence-corrected chi connectivity index (χ4v) is 3.83. The van der Waals surface area contributed by atoms with Crippen LogP contribution in [0.15, 0.2) is 18.2 Å². The zero-order valence-electron chi connectivity index (χ0n) is 12.3. The molecular weight excluding hydrogens is 291 g/mol. The summed E-state index contributed by atoms with van der Waals surface area (Å²) in [5, 5.41) is 1.22. The monoisotopic (exact) mass is 314 g/mol. The van der Waals surface area contributed by atoms with Gasteiger partial charge in [0.1, 0.15) is 0 Å². The molecule has 0 spiro atoms. The topological polar surface area (TPSA) is 38.0 Å². The normalized spacial score (nSPS) is 23.6.